The summed E-state index contributed by atoms with van der Waals surface area (Å²) in [5.74, 6) is 1.61. The summed E-state index contributed by atoms with van der Waals surface area (Å²) >= 11 is 3.46. The summed E-state index contributed by atoms with van der Waals surface area (Å²) in [6.45, 7) is 0.479. The van der Waals surface area contributed by atoms with Crippen LogP contribution in [0.4, 0.5) is 5.69 Å². The number of halogens is 1. The highest BCUT2D eigenvalue weighted by Gasteiger charge is 2.08. The molecule has 3 nitrogen and oxygen atoms in total. The third-order valence-electron chi connectivity index (χ3n) is 2.21. The van der Waals surface area contributed by atoms with Gasteiger partial charge in [0.2, 0.25) is 0 Å². The zero-order valence-electron chi connectivity index (χ0n) is 8.87. The molecule has 84 valence electrons. The van der Waals surface area contributed by atoms with Gasteiger partial charge in [-0.25, -0.2) is 0 Å². The Kier molecular flexibility index (Phi) is 3.31. The first kappa shape index (κ1) is 11.2. The van der Waals surface area contributed by atoms with Gasteiger partial charge in [0, 0.05) is 22.8 Å². The number of hydrogen-bond acceptors (Lipinski definition) is 3. The van der Waals surface area contributed by atoms with E-state index in [4.69, 9.17) is 14.9 Å². The molecule has 0 aliphatic heterocycles. The minimum atomic E-state index is 0.479. The first-order valence-electron chi connectivity index (χ1n) is 4.84. The SMILES string of the molecule is COCc1ccc(-c2ccc(N)cc2Br)o1. The van der Waals surface area contributed by atoms with Gasteiger partial charge in [-0.05, 0) is 46.3 Å². The van der Waals surface area contributed by atoms with Crippen LogP contribution in [0.15, 0.2) is 39.2 Å². The highest BCUT2D eigenvalue weighted by atomic mass is 79.9. The average molecular weight is 282 g/mol. The van der Waals surface area contributed by atoms with Crippen LogP contribution in [0.1, 0.15) is 5.76 Å². The second kappa shape index (κ2) is 4.72. The summed E-state index contributed by atoms with van der Waals surface area (Å²) in [7, 11) is 1.64. The van der Waals surface area contributed by atoms with Crippen LogP contribution in [0.25, 0.3) is 11.3 Å². The molecule has 1 aromatic carbocycles. The average Bonchev–Trinajstić information content (AvgIpc) is 2.67. The zero-order valence-corrected chi connectivity index (χ0v) is 10.5. The smallest absolute Gasteiger partial charge is 0.135 e. The lowest BCUT2D eigenvalue weighted by Crippen LogP contribution is -1.85. The first-order chi connectivity index (χ1) is 7.70. The lowest BCUT2D eigenvalue weighted by molar-refractivity contribution is 0.165. The molecule has 0 spiro atoms. The maximum atomic E-state index is 5.68. The fraction of sp³-hybridized carbons (Fsp3) is 0.167. The van der Waals surface area contributed by atoms with Gasteiger partial charge in [-0.1, -0.05) is 0 Å². The molecule has 0 fully saturated rings. The molecule has 2 rings (SSSR count). The highest BCUT2D eigenvalue weighted by molar-refractivity contribution is 9.10. The van der Waals surface area contributed by atoms with Gasteiger partial charge in [0.05, 0.1) is 0 Å². The predicted molar refractivity (Wildman–Crippen MR) is 67.0 cm³/mol. The number of benzene rings is 1. The summed E-state index contributed by atoms with van der Waals surface area (Å²) < 4.78 is 11.6. The van der Waals surface area contributed by atoms with Crippen molar-refractivity contribution in [2.75, 3.05) is 12.8 Å². The van der Waals surface area contributed by atoms with Crippen LogP contribution < -0.4 is 5.73 Å². The minimum Gasteiger partial charge on any atom is -0.459 e. The van der Waals surface area contributed by atoms with Crippen LogP contribution in [-0.4, -0.2) is 7.11 Å². The molecule has 2 N–H and O–H groups in total. The highest BCUT2D eigenvalue weighted by Crippen LogP contribution is 2.31. The molecule has 0 saturated heterocycles. The number of furan rings is 1. The molecule has 0 radical (unpaired) electrons. The Hall–Kier alpha value is -1.26. The van der Waals surface area contributed by atoms with Crippen LogP contribution >= 0.6 is 15.9 Å². The molecule has 1 heterocycles. The van der Waals surface area contributed by atoms with E-state index in [-0.39, 0.29) is 0 Å². The Morgan fingerprint density at radius 1 is 1.31 bits per heavy atom. The molecule has 16 heavy (non-hydrogen) atoms. The van der Waals surface area contributed by atoms with Crippen LogP contribution in [-0.2, 0) is 11.3 Å². The van der Waals surface area contributed by atoms with Crippen molar-refractivity contribution in [3.8, 4) is 11.3 Å². The molecule has 0 saturated carbocycles. The van der Waals surface area contributed by atoms with Crippen molar-refractivity contribution >= 4 is 21.6 Å². The largest absolute Gasteiger partial charge is 0.459 e. The van der Waals surface area contributed by atoms with E-state index in [0.29, 0.717) is 6.61 Å². The number of nitrogen functional groups attached to an aromatic ring is 1. The van der Waals surface area contributed by atoms with E-state index in [1.54, 1.807) is 7.11 Å². The Labute approximate surface area is 102 Å². The quantitative estimate of drug-likeness (QED) is 0.877. The number of methoxy groups -OCH3 is 1. The Bertz CT molecular complexity index is 494. The molecule has 0 atom stereocenters. The number of hydrogen-bond donors (Lipinski definition) is 1. The molecule has 0 aliphatic carbocycles. The lowest BCUT2D eigenvalue weighted by atomic mass is 10.1. The van der Waals surface area contributed by atoms with Crippen LogP contribution in [0.2, 0.25) is 0 Å². The van der Waals surface area contributed by atoms with E-state index in [9.17, 15) is 0 Å². The topological polar surface area (TPSA) is 48.4 Å². The van der Waals surface area contributed by atoms with Crippen LogP contribution in [0.5, 0.6) is 0 Å². The molecule has 0 unspecified atom stereocenters. The summed E-state index contributed by atoms with van der Waals surface area (Å²) in [5.41, 5.74) is 7.38. The number of rotatable bonds is 3. The maximum absolute atomic E-state index is 5.68. The standard InChI is InChI=1S/C12H12BrNO2/c1-15-7-9-3-5-12(16-9)10-4-2-8(14)6-11(10)13/h2-6H,7,14H2,1H3. The van der Waals surface area contributed by atoms with Crippen molar-refractivity contribution in [1.82, 2.24) is 0 Å². The van der Waals surface area contributed by atoms with E-state index in [1.165, 1.54) is 0 Å². The van der Waals surface area contributed by atoms with Gasteiger partial charge in [-0.3, -0.25) is 0 Å². The lowest BCUT2D eigenvalue weighted by Gasteiger charge is -2.02. The summed E-state index contributed by atoms with van der Waals surface area (Å²) in [6.07, 6.45) is 0. The molecule has 4 heteroatoms. The van der Waals surface area contributed by atoms with E-state index in [1.807, 2.05) is 30.3 Å². The van der Waals surface area contributed by atoms with E-state index >= 15 is 0 Å². The summed E-state index contributed by atoms with van der Waals surface area (Å²) in [5, 5.41) is 0. The molecular weight excluding hydrogens is 270 g/mol. The maximum Gasteiger partial charge on any atom is 0.135 e. The van der Waals surface area contributed by atoms with Gasteiger partial charge < -0.3 is 14.9 Å². The molecule has 0 bridgehead atoms. The first-order valence-corrected chi connectivity index (χ1v) is 5.63. The van der Waals surface area contributed by atoms with E-state index in [0.717, 1.165) is 27.2 Å². The van der Waals surface area contributed by atoms with Crippen molar-refractivity contribution in [3.05, 3.63) is 40.6 Å². The second-order valence-corrected chi connectivity index (χ2v) is 4.29. The number of nitrogens with two attached hydrogens (primary N) is 1. The van der Waals surface area contributed by atoms with Crippen molar-refractivity contribution in [3.63, 3.8) is 0 Å². The van der Waals surface area contributed by atoms with Crippen molar-refractivity contribution in [2.45, 2.75) is 6.61 Å². The van der Waals surface area contributed by atoms with Crippen molar-refractivity contribution < 1.29 is 9.15 Å². The second-order valence-electron chi connectivity index (χ2n) is 3.44. The Morgan fingerprint density at radius 2 is 2.12 bits per heavy atom. The van der Waals surface area contributed by atoms with Crippen LogP contribution in [0, 0.1) is 0 Å². The minimum absolute atomic E-state index is 0.479. The van der Waals surface area contributed by atoms with Gasteiger partial charge in [0.15, 0.2) is 0 Å². The molecule has 2 aromatic rings. The molecule has 1 aromatic heterocycles. The predicted octanol–water partition coefficient (Wildman–Crippen LogP) is 3.44. The van der Waals surface area contributed by atoms with E-state index in [2.05, 4.69) is 15.9 Å². The number of ether oxygens (including phenoxy) is 1. The molecule has 0 amide bonds. The Balaban J connectivity index is 2.35. The molecule has 0 aliphatic rings. The van der Waals surface area contributed by atoms with Crippen molar-refractivity contribution in [1.29, 1.82) is 0 Å². The fourth-order valence-electron chi connectivity index (χ4n) is 1.47. The van der Waals surface area contributed by atoms with Gasteiger partial charge in [0.1, 0.15) is 18.1 Å². The fourth-order valence-corrected chi connectivity index (χ4v) is 2.07. The number of anilines is 1. The summed E-state index contributed by atoms with van der Waals surface area (Å²) in [4.78, 5) is 0. The Morgan fingerprint density at radius 3 is 2.81 bits per heavy atom. The van der Waals surface area contributed by atoms with E-state index < -0.39 is 0 Å². The normalized spacial score (nSPS) is 10.6. The molecular formula is C12H12BrNO2. The van der Waals surface area contributed by atoms with Gasteiger partial charge in [-0.2, -0.15) is 0 Å². The van der Waals surface area contributed by atoms with Gasteiger partial charge in [0.25, 0.3) is 0 Å². The van der Waals surface area contributed by atoms with Crippen molar-refractivity contribution in [2.24, 2.45) is 0 Å². The third-order valence-corrected chi connectivity index (χ3v) is 2.86. The zero-order chi connectivity index (χ0) is 11.5. The van der Waals surface area contributed by atoms with Gasteiger partial charge in [-0.15, -0.1) is 0 Å². The van der Waals surface area contributed by atoms with Gasteiger partial charge >= 0.3 is 0 Å². The third kappa shape index (κ3) is 2.28. The summed E-state index contributed by atoms with van der Waals surface area (Å²) in [6, 6.07) is 9.45. The monoisotopic (exact) mass is 281 g/mol. The van der Waals surface area contributed by atoms with Crippen LogP contribution in [0.3, 0.4) is 0 Å².